The first-order chi connectivity index (χ1) is 9.00. The Morgan fingerprint density at radius 3 is 2.68 bits per heavy atom. The van der Waals surface area contributed by atoms with Gasteiger partial charge >= 0.3 is 0 Å². The Hall–Kier alpha value is -0.480. The molecule has 0 N–H and O–H groups in total. The van der Waals surface area contributed by atoms with Gasteiger partial charge in [0.15, 0.2) is 0 Å². The minimum absolute atomic E-state index is 0.0658. The highest BCUT2D eigenvalue weighted by Crippen LogP contribution is 2.41. The fourth-order valence-electron chi connectivity index (χ4n) is 3.68. The third kappa shape index (κ3) is 2.70. The van der Waals surface area contributed by atoms with Gasteiger partial charge in [-0.1, -0.05) is 18.9 Å². The predicted octanol–water partition coefficient (Wildman–Crippen LogP) is 2.61. The molecule has 0 atom stereocenters. The smallest absolute Gasteiger partial charge is 0.250 e. The van der Waals surface area contributed by atoms with Gasteiger partial charge in [0.05, 0.1) is 17.7 Å². The van der Waals surface area contributed by atoms with Crippen LogP contribution in [-0.4, -0.2) is 46.6 Å². The van der Waals surface area contributed by atoms with Crippen molar-refractivity contribution in [2.45, 2.75) is 50.7 Å². The largest absolute Gasteiger partial charge is 0.365 e. The highest BCUT2D eigenvalue weighted by atomic mass is 32.2. The summed E-state index contributed by atoms with van der Waals surface area (Å²) in [6.45, 7) is 5.74. The van der Waals surface area contributed by atoms with Crippen molar-refractivity contribution in [3.05, 3.63) is 11.6 Å². The van der Waals surface area contributed by atoms with Gasteiger partial charge in [0, 0.05) is 23.6 Å². The third-order valence-electron chi connectivity index (χ3n) is 4.33. The molecular formula is C15H23NO2S. The Morgan fingerprint density at radius 1 is 1.32 bits per heavy atom. The van der Waals surface area contributed by atoms with Gasteiger partial charge in [-0.2, -0.15) is 11.8 Å². The highest BCUT2D eigenvalue weighted by molar-refractivity contribution is 7.99. The second kappa shape index (κ2) is 4.81. The second-order valence-corrected chi connectivity index (χ2v) is 7.69. The number of morpholine rings is 1. The van der Waals surface area contributed by atoms with Gasteiger partial charge in [0.25, 0.3) is 5.91 Å². The second-order valence-electron chi connectivity index (χ2n) is 6.66. The molecule has 1 saturated heterocycles. The maximum Gasteiger partial charge on any atom is 0.250 e. The van der Waals surface area contributed by atoms with Gasteiger partial charge in [-0.3, -0.25) is 4.79 Å². The van der Waals surface area contributed by atoms with Crippen LogP contribution in [0.3, 0.4) is 0 Å². The molecule has 0 unspecified atom stereocenters. The van der Waals surface area contributed by atoms with Crippen molar-refractivity contribution in [1.82, 2.24) is 4.90 Å². The Labute approximate surface area is 119 Å². The topological polar surface area (TPSA) is 29.5 Å². The summed E-state index contributed by atoms with van der Waals surface area (Å²) in [5.74, 6) is 2.11. The number of rotatable bonds is 1. The minimum atomic E-state index is -0.218. The van der Waals surface area contributed by atoms with E-state index in [0.717, 1.165) is 43.0 Å². The number of hydrogen-bond donors (Lipinski definition) is 0. The molecule has 2 heterocycles. The van der Waals surface area contributed by atoms with E-state index < -0.39 is 0 Å². The van der Waals surface area contributed by atoms with E-state index in [9.17, 15) is 4.79 Å². The molecular weight excluding hydrogens is 258 g/mol. The molecule has 2 fully saturated rings. The fraction of sp³-hybridized carbons (Fsp3) is 0.800. The van der Waals surface area contributed by atoms with Gasteiger partial charge < -0.3 is 9.64 Å². The molecule has 4 heteroatoms. The Bertz CT molecular complexity index is 410. The molecule has 106 valence electrons. The van der Waals surface area contributed by atoms with Crippen LogP contribution in [0.2, 0.25) is 0 Å². The molecule has 3 rings (SSSR count). The molecule has 0 bridgehead atoms. The van der Waals surface area contributed by atoms with E-state index >= 15 is 0 Å². The number of hydrogen-bond acceptors (Lipinski definition) is 3. The summed E-state index contributed by atoms with van der Waals surface area (Å²) in [5, 5.41) is 0. The molecule has 0 aromatic rings. The highest BCUT2D eigenvalue weighted by Gasteiger charge is 2.47. The van der Waals surface area contributed by atoms with E-state index in [1.165, 1.54) is 12.8 Å². The van der Waals surface area contributed by atoms with E-state index in [4.69, 9.17) is 4.74 Å². The van der Waals surface area contributed by atoms with Crippen LogP contribution < -0.4 is 0 Å². The van der Waals surface area contributed by atoms with Crippen LogP contribution in [-0.2, 0) is 9.53 Å². The van der Waals surface area contributed by atoms with Crippen molar-refractivity contribution in [1.29, 1.82) is 0 Å². The quantitative estimate of drug-likeness (QED) is 0.740. The molecule has 0 aromatic heterocycles. The number of carbonyl (C=O) groups excluding carboxylic acids is 1. The predicted molar refractivity (Wildman–Crippen MR) is 78.4 cm³/mol. The van der Waals surface area contributed by atoms with E-state index in [-0.39, 0.29) is 17.1 Å². The lowest BCUT2D eigenvalue weighted by atomic mass is 9.93. The van der Waals surface area contributed by atoms with Crippen molar-refractivity contribution in [3.63, 3.8) is 0 Å². The van der Waals surface area contributed by atoms with Crippen LogP contribution in [0, 0.1) is 0 Å². The SMILES string of the molecule is CC1(C)CN(C(=O)C2=CCSC2)CC2(CCCC2)O1. The molecule has 1 spiro atoms. The Morgan fingerprint density at radius 2 is 2.05 bits per heavy atom. The molecule has 0 aromatic carbocycles. The lowest BCUT2D eigenvalue weighted by molar-refractivity contribution is -0.196. The van der Waals surface area contributed by atoms with Crippen molar-refractivity contribution in [2.24, 2.45) is 0 Å². The van der Waals surface area contributed by atoms with Crippen molar-refractivity contribution in [3.8, 4) is 0 Å². The number of ether oxygens (including phenoxy) is 1. The number of nitrogens with zero attached hydrogens (tertiary/aromatic N) is 1. The van der Waals surface area contributed by atoms with Crippen LogP contribution in [0.15, 0.2) is 11.6 Å². The standard InChI is InChI=1S/C15H23NO2S/c1-14(2)10-16(13(17)12-5-8-19-9-12)11-15(18-14)6-3-4-7-15/h5H,3-4,6-11H2,1-2H3. The first kappa shape index (κ1) is 13.5. The van der Waals surface area contributed by atoms with Crippen molar-refractivity contribution >= 4 is 17.7 Å². The summed E-state index contributed by atoms with van der Waals surface area (Å²) in [6, 6.07) is 0. The lowest BCUT2D eigenvalue weighted by Gasteiger charge is -2.48. The van der Waals surface area contributed by atoms with E-state index in [1.807, 2.05) is 16.7 Å². The first-order valence-electron chi connectivity index (χ1n) is 7.26. The molecule has 1 saturated carbocycles. The van der Waals surface area contributed by atoms with Gasteiger partial charge in [-0.15, -0.1) is 0 Å². The maximum atomic E-state index is 12.6. The lowest BCUT2D eigenvalue weighted by Crippen LogP contribution is -2.60. The average molecular weight is 281 g/mol. The van der Waals surface area contributed by atoms with Gasteiger partial charge in [0.1, 0.15) is 0 Å². The Balaban J connectivity index is 1.79. The zero-order chi connectivity index (χ0) is 13.5. The number of carbonyl (C=O) groups is 1. The zero-order valence-electron chi connectivity index (χ0n) is 11.9. The van der Waals surface area contributed by atoms with Crippen LogP contribution in [0.5, 0.6) is 0 Å². The monoisotopic (exact) mass is 281 g/mol. The molecule has 19 heavy (non-hydrogen) atoms. The zero-order valence-corrected chi connectivity index (χ0v) is 12.7. The summed E-state index contributed by atoms with van der Waals surface area (Å²) >= 11 is 1.83. The third-order valence-corrected chi connectivity index (χ3v) is 5.24. The average Bonchev–Trinajstić information content (AvgIpc) is 2.97. The van der Waals surface area contributed by atoms with Crippen LogP contribution >= 0.6 is 11.8 Å². The maximum absolute atomic E-state index is 12.6. The van der Waals surface area contributed by atoms with Crippen LogP contribution in [0.4, 0.5) is 0 Å². The molecule has 1 amide bonds. The molecule has 3 aliphatic rings. The summed E-state index contributed by atoms with van der Waals surface area (Å²) in [7, 11) is 0. The minimum Gasteiger partial charge on any atom is -0.365 e. The van der Waals surface area contributed by atoms with Crippen LogP contribution in [0.25, 0.3) is 0 Å². The summed E-state index contributed by atoms with van der Waals surface area (Å²) in [6.07, 6.45) is 6.77. The first-order valence-corrected chi connectivity index (χ1v) is 8.42. The fourth-order valence-corrected chi connectivity index (χ4v) is 4.57. The van der Waals surface area contributed by atoms with Gasteiger partial charge in [0.2, 0.25) is 0 Å². The number of amides is 1. The summed E-state index contributed by atoms with van der Waals surface area (Å²) in [4.78, 5) is 14.7. The summed E-state index contributed by atoms with van der Waals surface area (Å²) in [5.41, 5.74) is 0.713. The molecule has 1 aliphatic carbocycles. The van der Waals surface area contributed by atoms with E-state index in [0.29, 0.717) is 0 Å². The normalized spacial score (nSPS) is 28.7. The van der Waals surface area contributed by atoms with Crippen molar-refractivity contribution < 1.29 is 9.53 Å². The summed E-state index contributed by atoms with van der Waals surface area (Å²) < 4.78 is 6.35. The molecule has 0 radical (unpaired) electrons. The molecule has 3 nitrogen and oxygen atoms in total. The van der Waals surface area contributed by atoms with E-state index in [1.54, 1.807) is 0 Å². The Kier molecular flexibility index (Phi) is 3.42. The van der Waals surface area contributed by atoms with Crippen LogP contribution in [0.1, 0.15) is 39.5 Å². The van der Waals surface area contributed by atoms with Gasteiger partial charge in [-0.05, 0) is 26.7 Å². The number of thioether (sulfide) groups is 1. The van der Waals surface area contributed by atoms with E-state index in [2.05, 4.69) is 19.9 Å². The van der Waals surface area contributed by atoms with Crippen molar-refractivity contribution in [2.75, 3.05) is 24.6 Å². The molecule has 2 aliphatic heterocycles. The van der Waals surface area contributed by atoms with Gasteiger partial charge in [-0.25, -0.2) is 0 Å².